The highest BCUT2D eigenvalue weighted by molar-refractivity contribution is 6.11. The van der Waals surface area contributed by atoms with Crippen LogP contribution in [0, 0.1) is 13.8 Å². The van der Waals surface area contributed by atoms with Gasteiger partial charge in [-0.05, 0) is 43.2 Å². The summed E-state index contributed by atoms with van der Waals surface area (Å²) < 4.78 is 0. The molecule has 0 aliphatic rings. The lowest BCUT2D eigenvalue weighted by molar-refractivity contribution is 0.104. The fourth-order valence-corrected chi connectivity index (χ4v) is 2.88. The minimum Gasteiger partial charge on any atom is -0.289 e. The number of benzene rings is 2. The van der Waals surface area contributed by atoms with Crippen molar-refractivity contribution in [2.75, 3.05) is 0 Å². The summed E-state index contributed by atoms with van der Waals surface area (Å²) in [6, 6.07) is 20.9. The van der Waals surface area contributed by atoms with Crippen molar-refractivity contribution in [2.24, 2.45) is 0 Å². The van der Waals surface area contributed by atoms with Crippen molar-refractivity contribution in [1.29, 1.82) is 0 Å². The summed E-state index contributed by atoms with van der Waals surface area (Å²) in [7, 11) is 0. The van der Waals surface area contributed by atoms with Crippen LogP contribution in [0.15, 0.2) is 78.9 Å². The molecule has 0 N–H and O–H groups in total. The van der Waals surface area contributed by atoms with Crippen LogP contribution in [-0.4, -0.2) is 16.6 Å². The molecule has 1 heterocycles. The van der Waals surface area contributed by atoms with E-state index in [4.69, 9.17) is 0 Å². The van der Waals surface area contributed by atoms with Gasteiger partial charge in [-0.2, -0.15) is 0 Å². The molecule has 0 saturated carbocycles. The highest BCUT2D eigenvalue weighted by Gasteiger charge is 2.14. The number of nitrogens with zero attached hydrogens (tertiary/aromatic N) is 1. The molecule has 3 aromatic rings. The number of aryl methyl sites for hydroxylation is 2. The van der Waals surface area contributed by atoms with Gasteiger partial charge in [0.1, 0.15) is 0 Å². The van der Waals surface area contributed by atoms with E-state index in [-0.39, 0.29) is 11.6 Å². The van der Waals surface area contributed by atoms with Crippen molar-refractivity contribution in [1.82, 2.24) is 4.98 Å². The van der Waals surface area contributed by atoms with Crippen LogP contribution in [0.3, 0.4) is 0 Å². The molecule has 1 aromatic heterocycles. The molecule has 3 rings (SSSR count). The molecule has 0 radical (unpaired) electrons. The van der Waals surface area contributed by atoms with Gasteiger partial charge in [-0.25, -0.2) is 0 Å². The van der Waals surface area contributed by atoms with Gasteiger partial charge in [0.2, 0.25) is 0 Å². The third-order valence-electron chi connectivity index (χ3n) is 4.39. The van der Waals surface area contributed by atoms with Crippen LogP contribution in [0.4, 0.5) is 0 Å². The van der Waals surface area contributed by atoms with Crippen molar-refractivity contribution in [2.45, 2.75) is 13.8 Å². The Labute approximate surface area is 165 Å². The van der Waals surface area contributed by atoms with Crippen LogP contribution in [-0.2, 0) is 0 Å². The van der Waals surface area contributed by atoms with Crippen LogP contribution >= 0.6 is 0 Å². The molecular formula is C25H21NO2. The Balaban J connectivity index is 1.85. The number of aromatic nitrogens is 1. The molecule has 28 heavy (non-hydrogen) atoms. The minimum atomic E-state index is -0.171. The van der Waals surface area contributed by atoms with E-state index < -0.39 is 0 Å². The number of hydrogen-bond donors (Lipinski definition) is 0. The normalized spacial score (nSPS) is 11.2. The smallest absolute Gasteiger partial charge is 0.187 e. The Morgan fingerprint density at radius 1 is 0.679 bits per heavy atom. The van der Waals surface area contributed by atoms with Crippen molar-refractivity contribution in [3.8, 4) is 0 Å². The molecule has 3 heteroatoms. The lowest BCUT2D eigenvalue weighted by Gasteiger charge is -2.07. The number of ketones is 2. The molecule has 0 atom stereocenters. The second kappa shape index (κ2) is 8.87. The maximum absolute atomic E-state index is 12.6. The van der Waals surface area contributed by atoms with Crippen LogP contribution < -0.4 is 0 Å². The van der Waals surface area contributed by atoms with E-state index in [1.54, 1.807) is 32.1 Å². The predicted octanol–water partition coefficient (Wildman–Crippen LogP) is 5.49. The largest absolute Gasteiger partial charge is 0.289 e. The van der Waals surface area contributed by atoms with E-state index in [0.717, 1.165) is 11.1 Å². The molecule has 0 unspecified atom stereocenters. The van der Waals surface area contributed by atoms with Gasteiger partial charge in [0.25, 0.3) is 0 Å². The number of carbonyl (C=O) groups is 2. The van der Waals surface area contributed by atoms with Gasteiger partial charge >= 0.3 is 0 Å². The van der Waals surface area contributed by atoms with Crippen LogP contribution in [0.1, 0.15) is 43.2 Å². The van der Waals surface area contributed by atoms with Crippen LogP contribution in [0.5, 0.6) is 0 Å². The molecule has 2 aromatic carbocycles. The summed E-state index contributed by atoms with van der Waals surface area (Å²) in [5.41, 5.74) is 3.99. The van der Waals surface area contributed by atoms with Crippen LogP contribution in [0.25, 0.3) is 12.2 Å². The van der Waals surface area contributed by atoms with Gasteiger partial charge < -0.3 is 0 Å². The Morgan fingerprint density at radius 2 is 1.07 bits per heavy atom. The summed E-state index contributed by atoms with van der Waals surface area (Å²) in [5, 5.41) is 0. The maximum Gasteiger partial charge on any atom is 0.187 e. The van der Waals surface area contributed by atoms with Gasteiger partial charge in [-0.15, -0.1) is 0 Å². The standard InChI is InChI=1S/C25H21NO2/c1-18-22(24(27)15-13-20-9-5-3-6-10-20)17-23(19(2)26-18)25(28)16-14-21-11-7-4-8-12-21/h3-17H,1-2H3/b15-13-,16-14+. The summed E-state index contributed by atoms with van der Waals surface area (Å²) >= 11 is 0. The highest BCUT2D eigenvalue weighted by Crippen LogP contribution is 2.16. The monoisotopic (exact) mass is 367 g/mol. The highest BCUT2D eigenvalue weighted by atomic mass is 16.1. The molecule has 3 nitrogen and oxygen atoms in total. The zero-order chi connectivity index (χ0) is 19.9. The fourth-order valence-electron chi connectivity index (χ4n) is 2.88. The third-order valence-corrected chi connectivity index (χ3v) is 4.39. The molecule has 0 saturated heterocycles. The van der Waals surface area contributed by atoms with E-state index >= 15 is 0 Å². The molecule has 0 spiro atoms. The Kier molecular flexibility index (Phi) is 6.07. The van der Waals surface area contributed by atoms with Crippen molar-refractivity contribution in [3.63, 3.8) is 0 Å². The van der Waals surface area contributed by atoms with E-state index in [1.807, 2.05) is 60.7 Å². The first kappa shape index (κ1) is 19.2. The van der Waals surface area contributed by atoms with Gasteiger partial charge in [-0.1, -0.05) is 72.8 Å². The molecule has 138 valence electrons. The van der Waals surface area contributed by atoms with Crippen molar-refractivity contribution in [3.05, 3.63) is 113 Å². The second-order valence-electron chi connectivity index (χ2n) is 6.47. The summed E-state index contributed by atoms with van der Waals surface area (Å²) in [6.07, 6.45) is 6.56. The predicted molar refractivity (Wildman–Crippen MR) is 113 cm³/mol. The second-order valence-corrected chi connectivity index (χ2v) is 6.47. The van der Waals surface area contributed by atoms with Crippen molar-refractivity contribution >= 4 is 23.7 Å². The van der Waals surface area contributed by atoms with E-state index in [1.165, 1.54) is 12.2 Å². The van der Waals surface area contributed by atoms with Gasteiger partial charge in [0.05, 0.1) is 0 Å². The summed E-state index contributed by atoms with van der Waals surface area (Å²) in [4.78, 5) is 29.7. The van der Waals surface area contributed by atoms with E-state index in [0.29, 0.717) is 22.5 Å². The molecule has 0 bridgehead atoms. The number of rotatable bonds is 6. The maximum atomic E-state index is 12.6. The minimum absolute atomic E-state index is 0.171. The number of pyridine rings is 1. The van der Waals surface area contributed by atoms with E-state index in [2.05, 4.69) is 4.98 Å². The Bertz CT molecular complexity index is 966. The topological polar surface area (TPSA) is 47.0 Å². The quantitative estimate of drug-likeness (QED) is 0.427. The van der Waals surface area contributed by atoms with Gasteiger partial charge in [0.15, 0.2) is 11.6 Å². The molecule has 0 aliphatic carbocycles. The zero-order valence-electron chi connectivity index (χ0n) is 15.9. The number of hydrogen-bond acceptors (Lipinski definition) is 3. The lowest BCUT2D eigenvalue weighted by atomic mass is 10.0. The number of carbonyl (C=O) groups excluding carboxylic acids is 2. The first-order valence-electron chi connectivity index (χ1n) is 9.08. The molecule has 0 fully saturated rings. The summed E-state index contributed by atoms with van der Waals surface area (Å²) in [5.74, 6) is -0.343. The van der Waals surface area contributed by atoms with Gasteiger partial charge in [0, 0.05) is 22.5 Å². The first-order chi connectivity index (χ1) is 13.5. The average molecular weight is 367 g/mol. The Hall–Kier alpha value is -3.59. The summed E-state index contributed by atoms with van der Waals surface area (Å²) in [6.45, 7) is 3.56. The van der Waals surface area contributed by atoms with E-state index in [9.17, 15) is 9.59 Å². The third kappa shape index (κ3) is 4.77. The number of allylic oxidation sites excluding steroid dienone is 2. The van der Waals surface area contributed by atoms with Crippen molar-refractivity contribution < 1.29 is 9.59 Å². The zero-order valence-corrected chi connectivity index (χ0v) is 15.9. The first-order valence-corrected chi connectivity index (χ1v) is 9.08. The average Bonchev–Trinajstić information content (AvgIpc) is 2.72. The van der Waals surface area contributed by atoms with Gasteiger partial charge in [-0.3, -0.25) is 14.6 Å². The Morgan fingerprint density at radius 3 is 1.46 bits per heavy atom. The molecular weight excluding hydrogens is 346 g/mol. The lowest BCUT2D eigenvalue weighted by Crippen LogP contribution is -2.08. The van der Waals surface area contributed by atoms with Crippen LogP contribution in [0.2, 0.25) is 0 Å². The SMILES string of the molecule is Cc1nc(C)c(C(=O)/C=C/c2ccccc2)cc1C(=O)/C=C\c1ccccc1. The molecule has 0 amide bonds. The fraction of sp³-hybridized carbons (Fsp3) is 0.0800. The molecule has 0 aliphatic heterocycles.